The molecule has 0 unspecified atom stereocenters. The molecule has 3 fully saturated rings. The first-order valence-electron chi connectivity index (χ1n) is 9.09. The van der Waals surface area contributed by atoms with Crippen LogP contribution in [0.15, 0.2) is 30.3 Å². The maximum absolute atomic E-state index is 13.3. The molecule has 150 valence electrons. The van der Waals surface area contributed by atoms with Crippen molar-refractivity contribution in [3.63, 3.8) is 0 Å². The zero-order chi connectivity index (χ0) is 19.2. The molecule has 0 aromatic heterocycles. The van der Waals surface area contributed by atoms with E-state index >= 15 is 0 Å². The number of hydrogen-bond donors (Lipinski definition) is 0. The molecule has 27 heavy (non-hydrogen) atoms. The molecule has 3 heterocycles. The van der Waals surface area contributed by atoms with Crippen molar-refractivity contribution in [3.05, 3.63) is 30.3 Å². The highest BCUT2D eigenvalue weighted by molar-refractivity contribution is 7.49. The van der Waals surface area contributed by atoms with Crippen LogP contribution in [0.4, 0.5) is 0 Å². The van der Waals surface area contributed by atoms with Crippen molar-refractivity contribution in [1.29, 1.82) is 0 Å². The first kappa shape index (κ1) is 19.3. The van der Waals surface area contributed by atoms with E-state index in [1.807, 2.05) is 19.9 Å². The molecule has 0 N–H and O–H groups in total. The van der Waals surface area contributed by atoms with Gasteiger partial charge < -0.3 is 23.5 Å². The fraction of sp³-hybridized carbons (Fsp3) is 0.667. The molecule has 0 saturated carbocycles. The number of phosphoric ester groups is 1. The highest BCUT2D eigenvalue weighted by atomic mass is 31.2. The van der Waals surface area contributed by atoms with E-state index in [2.05, 4.69) is 0 Å². The third kappa shape index (κ3) is 4.07. The average molecular weight is 400 g/mol. The summed E-state index contributed by atoms with van der Waals surface area (Å²) in [7, 11) is -3.91. The van der Waals surface area contributed by atoms with Crippen LogP contribution in [0.25, 0.3) is 0 Å². The van der Waals surface area contributed by atoms with E-state index in [1.54, 1.807) is 38.1 Å². The number of para-hydroxylation sites is 1. The Bertz CT molecular complexity index is 709. The van der Waals surface area contributed by atoms with Crippen molar-refractivity contribution in [2.75, 3.05) is 6.61 Å². The second-order valence-corrected chi connectivity index (χ2v) is 9.02. The number of fused-ring (bicyclic) bond motifs is 3. The Morgan fingerprint density at radius 2 is 1.81 bits per heavy atom. The highest BCUT2D eigenvalue weighted by Crippen LogP contribution is 2.59. The van der Waals surface area contributed by atoms with E-state index in [1.165, 1.54) is 0 Å². The molecule has 3 saturated heterocycles. The number of phosphoric acid groups is 1. The second kappa shape index (κ2) is 7.12. The summed E-state index contributed by atoms with van der Waals surface area (Å²) in [6.45, 7) is 7.60. The Kier molecular flexibility index (Phi) is 5.10. The molecular weight excluding hydrogens is 375 g/mol. The summed E-state index contributed by atoms with van der Waals surface area (Å²) in [4.78, 5) is 0. The van der Waals surface area contributed by atoms with Gasteiger partial charge in [-0.25, -0.2) is 4.57 Å². The Labute approximate surface area is 158 Å². The van der Waals surface area contributed by atoms with E-state index < -0.39 is 44.3 Å². The summed E-state index contributed by atoms with van der Waals surface area (Å²) in [5.41, 5.74) is 0. The predicted octanol–water partition coefficient (Wildman–Crippen LogP) is 3.26. The molecule has 0 amide bonds. The Morgan fingerprint density at radius 3 is 2.52 bits per heavy atom. The number of ether oxygens (including phenoxy) is 4. The monoisotopic (exact) mass is 400 g/mol. The SMILES string of the molecule is CC(C)OC[C@H]1O[P@](=O)(Oc2ccccc2)O[C@@H]2[C@H]3OC(C)(C)O[C@H]3O[C@@H]21. The molecule has 3 aliphatic rings. The molecule has 0 radical (unpaired) electrons. The van der Waals surface area contributed by atoms with Crippen molar-refractivity contribution in [1.82, 2.24) is 0 Å². The average Bonchev–Trinajstić information content (AvgIpc) is 3.05. The summed E-state index contributed by atoms with van der Waals surface area (Å²) in [6, 6.07) is 8.76. The van der Waals surface area contributed by atoms with Gasteiger partial charge in [0, 0.05) is 0 Å². The molecule has 8 nitrogen and oxygen atoms in total. The fourth-order valence-corrected chi connectivity index (χ4v) is 4.96. The van der Waals surface area contributed by atoms with Gasteiger partial charge in [0.25, 0.3) is 0 Å². The summed E-state index contributed by atoms with van der Waals surface area (Å²) in [5, 5.41) is 0. The van der Waals surface area contributed by atoms with E-state index in [0.29, 0.717) is 5.75 Å². The smallest absolute Gasteiger partial charge is 0.404 e. The summed E-state index contributed by atoms with van der Waals surface area (Å²) >= 11 is 0. The Balaban J connectivity index is 1.57. The molecule has 6 atom stereocenters. The summed E-state index contributed by atoms with van der Waals surface area (Å²) in [6.07, 6.45) is -2.98. The standard InChI is InChI=1S/C18H25O8P/c1-11(2)20-10-13-14-15(16-17(21-14)23-18(3,4)22-16)26-27(19,25-13)24-12-8-6-5-7-9-12/h5-9,11,13-17H,10H2,1-4H3/t13-,14-,15+,16-,17-,27+/m1/s1. The van der Waals surface area contributed by atoms with Crippen LogP contribution in [0, 0.1) is 0 Å². The maximum Gasteiger partial charge on any atom is 0.530 e. The molecular formula is C18H25O8P. The van der Waals surface area contributed by atoms with Crippen molar-refractivity contribution in [2.45, 2.75) is 70.3 Å². The van der Waals surface area contributed by atoms with Gasteiger partial charge in [0.1, 0.15) is 30.2 Å². The number of benzene rings is 1. The number of rotatable bonds is 5. The van der Waals surface area contributed by atoms with Crippen LogP contribution in [0.1, 0.15) is 27.7 Å². The van der Waals surface area contributed by atoms with E-state index in [4.69, 9.17) is 32.5 Å². The van der Waals surface area contributed by atoms with Gasteiger partial charge in [0.05, 0.1) is 12.7 Å². The van der Waals surface area contributed by atoms with Gasteiger partial charge in [-0.2, -0.15) is 0 Å². The van der Waals surface area contributed by atoms with Crippen molar-refractivity contribution in [3.8, 4) is 5.75 Å². The molecule has 1 aromatic rings. The topological polar surface area (TPSA) is 81.7 Å². The molecule has 4 rings (SSSR count). The first-order chi connectivity index (χ1) is 12.7. The summed E-state index contributed by atoms with van der Waals surface area (Å²) < 4.78 is 53.7. The van der Waals surface area contributed by atoms with Crippen molar-refractivity contribution < 1.29 is 37.1 Å². The fourth-order valence-electron chi connectivity index (χ4n) is 3.39. The minimum atomic E-state index is -3.91. The van der Waals surface area contributed by atoms with Gasteiger partial charge in [-0.05, 0) is 39.8 Å². The van der Waals surface area contributed by atoms with Crippen molar-refractivity contribution in [2.24, 2.45) is 0 Å². The third-order valence-corrected chi connectivity index (χ3v) is 5.93. The lowest BCUT2D eigenvalue weighted by Crippen LogP contribution is -2.49. The van der Waals surface area contributed by atoms with Crippen LogP contribution in [0.3, 0.4) is 0 Å². The van der Waals surface area contributed by atoms with Crippen LogP contribution in [-0.2, 0) is 32.6 Å². The molecule has 9 heteroatoms. The molecule has 0 bridgehead atoms. The van der Waals surface area contributed by atoms with E-state index in [-0.39, 0.29) is 12.7 Å². The molecule has 3 aliphatic heterocycles. The Hall–Kier alpha value is -0.990. The van der Waals surface area contributed by atoms with Crippen molar-refractivity contribution >= 4 is 7.82 Å². The van der Waals surface area contributed by atoms with Crippen LogP contribution < -0.4 is 4.52 Å². The molecule has 1 aromatic carbocycles. The van der Waals surface area contributed by atoms with Crippen LogP contribution in [0.2, 0.25) is 0 Å². The van der Waals surface area contributed by atoms with E-state index in [0.717, 1.165) is 0 Å². The van der Waals surface area contributed by atoms with Gasteiger partial charge in [-0.3, -0.25) is 9.05 Å². The minimum Gasteiger partial charge on any atom is -0.404 e. The predicted molar refractivity (Wildman–Crippen MR) is 94.2 cm³/mol. The zero-order valence-electron chi connectivity index (χ0n) is 15.8. The summed E-state index contributed by atoms with van der Waals surface area (Å²) in [5.74, 6) is -0.418. The quantitative estimate of drug-likeness (QED) is 0.697. The minimum absolute atomic E-state index is 0.0170. The van der Waals surface area contributed by atoms with E-state index in [9.17, 15) is 4.57 Å². The Morgan fingerprint density at radius 1 is 1.07 bits per heavy atom. The lowest BCUT2D eigenvalue weighted by molar-refractivity contribution is -0.234. The zero-order valence-corrected chi connectivity index (χ0v) is 16.7. The lowest BCUT2D eigenvalue weighted by atomic mass is 10.1. The molecule has 0 aliphatic carbocycles. The van der Waals surface area contributed by atoms with Gasteiger partial charge in [-0.15, -0.1) is 0 Å². The normalized spacial score (nSPS) is 40.0. The van der Waals surface area contributed by atoms with Gasteiger partial charge in [0.2, 0.25) is 0 Å². The van der Waals surface area contributed by atoms with Crippen LogP contribution in [-0.4, -0.2) is 49.2 Å². The molecule has 0 spiro atoms. The number of hydrogen-bond acceptors (Lipinski definition) is 8. The second-order valence-electron chi connectivity index (χ2n) is 7.52. The van der Waals surface area contributed by atoms with Gasteiger partial charge in [0.15, 0.2) is 12.1 Å². The van der Waals surface area contributed by atoms with Crippen LogP contribution in [0.5, 0.6) is 5.75 Å². The lowest BCUT2D eigenvalue weighted by Gasteiger charge is -2.37. The maximum atomic E-state index is 13.3. The van der Waals surface area contributed by atoms with Crippen LogP contribution >= 0.6 is 7.82 Å². The van der Waals surface area contributed by atoms with Gasteiger partial charge in [-0.1, -0.05) is 18.2 Å². The van der Waals surface area contributed by atoms with Gasteiger partial charge >= 0.3 is 7.82 Å². The highest BCUT2D eigenvalue weighted by Gasteiger charge is 2.63. The third-order valence-electron chi connectivity index (χ3n) is 4.46. The largest absolute Gasteiger partial charge is 0.530 e. The first-order valence-corrected chi connectivity index (χ1v) is 10.5.